The van der Waals surface area contributed by atoms with Crippen LogP contribution in [0.2, 0.25) is 0 Å². The summed E-state index contributed by atoms with van der Waals surface area (Å²) in [5.41, 5.74) is 0. The van der Waals surface area contributed by atoms with Gasteiger partial charge in [0.25, 0.3) is 0 Å². The summed E-state index contributed by atoms with van der Waals surface area (Å²) < 4.78 is 23.3. The fourth-order valence-electron chi connectivity index (χ4n) is 2.53. The Morgan fingerprint density at radius 1 is 1.24 bits per heavy atom. The molecule has 1 fully saturated rings. The summed E-state index contributed by atoms with van der Waals surface area (Å²) in [5.74, 6) is 0.283. The highest BCUT2D eigenvalue weighted by molar-refractivity contribution is 7.91. The van der Waals surface area contributed by atoms with Crippen molar-refractivity contribution in [2.75, 3.05) is 38.7 Å². The number of sulfone groups is 1. The van der Waals surface area contributed by atoms with Gasteiger partial charge in [0.2, 0.25) is 0 Å². The summed E-state index contributed by atoms with van der Waals surface area (Å²) in [6, 6.07) is -0.172. The largest absolute Gasteiger partial charge is 0.335 e. The molecule has 1 atom stereocenters. The summed E-state index contributed by atoms with van der Waals surface area (Å²) in [7, 11) is 0.906. The topological polar surface area (TPSA) is 69.7 Å². The Labute approximate surface area is 128 Å². The van der Waals surface area contributed by atoms with E-state index < -0.39 is 9.84 Å². The number of nitrogens with zero attached hydrogens (tertiary/aromatic N) is 2. The first kappa shape index (κ1) is 18.2. The highest BCUT2D eigenvalue weighted by Crippen LogP contribution is 2.18. The van der Waals surface area contributed by atoms with E-state index in [1.165, 1.54) is 0 Å². The number of nitrogens with one attached hydrogen (secondary N) is 1. The van der Waals surface area contributed by atoms with E-state index in [1.807, 2.05) is 32.8 Å². The predicted molar refractivity (Wildman–Crippen MR) is 85.2 cm³/mol. The molecule has 1 aliphatic heterocycles. The van der Waals surface area contributed by atoms with Gasteiger partial charge in [0.05, 0.1) is 11.5 Å². The molecule has 2 amide bonds. The van der Waals surface area contributed by atoms with Crippen LogP contribution >= 0.6 is 0 Å². The SMILES string of the molecule is CCC(CC)NC(=O)N(CCN(C)C)C1CCS(=O)(=O)C1. The van der Waals surface area contributed by atoms with Gasteiger partial charge in [-0.05, 0) is 33.4 Å². The summed E-state index contributed by atoms with van der Waals surface area (Å²) in [4.78, 5) is 16.2. The molecular formula is C14H29N3O3S. The molecule has 1 aliphatic rings. The first-order valence-corrected chi connectivity index (χ1v) is 9.53. The lowest BCUT2D eigenvalue weighted by Crippen LogP contribution is -2.51. The Kier molecular flexibility index (Phi) is 6.93. The molecule has 0 aliphatic carbocycles. The minimum absolute atomic E-state index is 0.0940. The summed E-state index contributed by atoms with van der Waals surface area (Å²) in [6.45, 7) is 5.36. The summed E-state index contributed by atoms with van der Waals surface area (Å²) >= 11 is 0. The second-order valence-corrected chi connectivity index (χ2v) is 8.25. The van der Waals surface area contributed by atoms with Crippen molar-refractivity contribution in [2.24, 2.45) is 0 Å². The van der Waals surface area contributed by atoms with E-state index in [2.05, 4.69) is 5.32 Å². The van der Waals surface area contributed by atoms with Crippen molar-refractivity contribution < 1.29 is 13.2 Å². The number of hydrogen-bond donors (Lipinski definition) is 1. The van der Waals surface area contributed by atoms with Crippen LogP contribution < -0.4 is 5.32 Å². The number of carbonyl (C=O) groups is 1. The fraction of sp³-hybridized carbons (Fsp3) is 0.929. The number of carbonyl (C=O) groups excluding carboxylic acids is 1. The van der Waals surface area contributed by atoms with Crippen molar-refractivity contribution >= 4 is 15.9 Å². The lowest BCUT2D eigenvalue weighted by atomic mass is 10.2. The number of urea groups is 1. The van der Waals surface area contributed by atoms with Crippen LogP contribution in [-0.4, -0.2) is 75.0 Å². The van der Waals surface area contributed by atoms with Gasteiger partial charge >= 0.3 is 6.03 Å². The number of rotatable bonds is 7. The summed E-state index contributed by atoms with van der Waals surface area (Å²) in [6.07, 6.45) is 2.31. The number of likely N-dealkylation sites (N-methyl/N-ethyl adjacent to an activating group) is 1. The van der Waals surface area contributed by atoms with Crippen LogP contribution in [0.4, 0.5) is 4.79 Å². The van der Waals surface area contributed by atoms with E-state index >= 15 is 0 Å². The second-order valence-electron chi connectivity index (χ2n) is 6.02. The first-order chi connectivity index (χ1) is 9.79. The molecule has 21 heavy (non-hydrogen) atoms. The van der Waals surface area contributed by atoms with Gasteiger partial charge in [-0.25, -0.2) is 13.2 Å². The molecule has 1 N–H and O–H groups in total. The van der Waals surface area contributed by atoms with Crippen LogP contribution in [0.25, 0.3) is 0 Å². The Morgan fingerprint density at radius 2 is 1.86 bits per heavy atom. The Bertz CT molecular complexity index is 433. The summed E-state index contributed by atoms with van der Waals surface area (Å²) in [5, 5.41) is 3.02. The predicted octanol–water partition coefficient (Wildman–Crippen LogP) is 0.935. The molecule has 1 rings (SSSR count). The van der Waals surface area contributed by atoms with Crippen LogP contribution in [0.15, 0.2) is 0 Å². The average Bonchev–Trinajstić information content (AvgIpc) is 2.76. The zero-order chi connectivity index (χ0) is 16.0. The van der Waals surface area contributed by atoms with Crippen molar-refractivity contribution in [1.29, 1.82) is 0 Å². The molecule has 1 unspecified atom stereocenters. The maximum atomic E-state index is 12.5. The van der Waals surface area contributed by atoms with Gasteiger partial charge in [0.15, 0.2) is 9.84 Å². The van der Waals surface area contributed by atoms with Crippen molar-refractivity contribution in [1.82, 2.24) is 15.1 Å². The van der Waals surface area contributed by atoms with Gasteiger partial charge in [-0.2, -0.15) is 0 Å². The quantitative estimate of drug-likeness (QED) is 0.758. The smallest absolute Gasteiger partial charge is 0.317 e. The molecule has 1 saturated heterocycles. The van der Waals surface area contributed by atoms with Crippen LogP contribution in [0.3, 0.4) is 0 Å². The molecule has 6 nitrogen and oxygen atoms in total. The van der Waals surface area contributed by atoms with Gasteiger partial charge in [-0.1, -0.05) is 13.8 Å². The molecule has 1 heterocycles. The maximum absolute atomic E-state index is 12.5. The average molecular weight is 319 g/mol. The zero-order valence-corrected chi connectivity index (χ0v) is 14.4. The highest BCUT2D eigenvalue weighted by atomic mass is 32.2. The van der Waals surface area contributed by atoms with Gasteiger partial charge in [0, 0.05) is 25.2 Å². The van der Waals surface area contributed by atoms with Crippen molar-refractivity contribution in [2.45, 2.75) is 45.2 Å². The maximum Gasteiger partial charge on any atom is 0.317 e. The minimum atomic E-state index is -2.99. The van der Waals surface area contributed by atoms with Crippen LogP contribution in [0.1, 0.15) is 33.1 Å². The second kappa shape index (κ2) is 7.98. The first-order valence-electron chi connectivity index (χ1n) is 7.71. The molecule has 7 heteroatoms. The monoisotopic (exact) mass is 319 g/mol. The van der Waals surface area contributed by atoms with Crippen molar-refractivity contribution in [3.63, 3.8) is 0 Å². The Balaban J connectivity index is 2.74. The molecule has 0 radical (unpaired) electrons. The normalized spacial score (nSPS) is 21.0. The van der Waals surface area contributed by atoms with Crippen molar-refractivity contribution in [3.8, 4) is 0 Å². The van der Waals surface area contributed by atoms with E-state index in [-0.39, 0.29) is 29.6 Å². The van der Waals surface area contributed by atoms with Gasteiger partial charge in [-0.15, -0.1) is 0 Å². The van der Waals surface area contributed by atoms with Crippen LogP contribution in [0, 0.1) is 0 Å². The van der Waals surface area contributed by atoms with Gasteiger partial charge in [0.1, 0.15) is 0 Å². The standard InChI is InChI=1S/C14H29N3O3S/c1-5-12(6-2)15-14(18)17(9-8-16(3)4)13-7-10-21(19,20)11-13/h12-13H,5-11H2,1-4H3,(H,15,18). The molecule has 0 spiro atoms. The molecule has 0 aromatic carbocycles. The van der Waals surface area contributed by atoms with E-state index in [9.17, 15) is 13.2 Å². The van der Waals surface area contributed by atoms with E-state index in [1.54, 1.807) is 4.90 Å². The molecule has 124 valence electrons. The van der Waals surface area contributed by atoms with E-state index in [0.29, 0.717) is 13.0 Å². The Morgan fingerprint density at radius 3 is 2.29 bits per heavy atom. The lowest BCUT2D eigenvalue weighted by Gasteiger charge is -2.31. The Hall–Kier alpha value is -0.820. The molecule has 0 bridgehead atoms. The molecule has 0 aromatic rings. The molecule has 0 saturated carbocycles. The van der Waals surface area contributed by atoms with E-state index in [4.69, 9.17) is 0 Å². The van der Waals surface area contributed by atoms with Crippen LogP contribution in [-0.2, 0) is 9.84 Å². The third-order valence-corrected chi connectivity index (χ3v) is 5.76. The highest BCUT2D eigenvalue weighted by Gasteiger charge is 2.34. The lowest BCUT2D eigenvalue weighted by molar-refractivity contribution is 0.168. The third-order valence-electron chi connectivity index (χ3n) is 4.01. The third kappa shape index (κ3) is 5.82. The number of amides is 2. The number of hydrogen-bond acceptors (Lipinski definition) is 4. The molecule has 0 aromatic heterocycles. The fourth-order valence-corrected chi connectivity index (χ4v) is 4.26. The minimum Gasteiger partial charge on any atom is -0.335 e. The van der Waals surface area contributed by atoms with Crippen molar-refractivity contribution in [3.05, 3.63) is 0 Å². The molecular weight excluding hydrogens is 290 g/mol. The van der Waals surface area contributed by atoms with Crippen LogP contribution in [0.5, 0.6) is 0 Å². The zero-order valence-electron chi connectivity index (χ0n) is 13.6. The van der Waals surface area contributed by atoms with Gasteiger partial charge in [-0.3, -0.25) is 0 Å². The van der Waals surface area contributed by atoms with Gasteiger partial charge < -0.3 is 15.1 Å². The van der Waals surface area contributed by atoms with E-state index in [0.717, 1.165) is 19.4 Å².